The topological polar surface area (TPSA) is 0 Å². The molecule has 0 aliphatic rings. The zero-order chi connectivity index (χ0) is 6.69. The van der Waals surface area contributed by atoms with Crippen LogP contribution in [0.2, 0.25) is 0 Å². The van der Waals surface area contributed by atoms with Crippen molar-refractivity contribution in [3.63, 3.8) is 0 Å². The molecule has 0 fully saturated rings. The second-order valence-electron chi connectivity index (χ2n) is 2.02. The fourth-order valence-corrected chi connectivity index (χ4v) is 0.881. The van der Waals surface area contributed by atoms with Gasteiger partial charge < -0.3 is 14.5 Å². The van der Waals surface area contributed by atoms with Crippen LogP contribution in [0.3, 0.4) is 0 Å². The molecule has 0 unspecified atom stereocenters. The second-order valence-corrected chi connectivity index (χ2v) is 2.54. The summed E-state index contributed by atoms with van der Waals surface area (Å²) in [5.74, 6) is 0. The average molecular weight is 214 g/mol. The first-order valence-electron chi connectivity index (χ1n) is 3.11. The van der Waals surface area contributed by atoms with Gasteiger partial charge in [-0.25, -0.2) is 0 Å². The van der Waals surface area contributed by atoms with Crippen molar-refractivity contribution in [1.29, 1.82) is 0 Å². The minimum atomic E-state index is 0. The minimum Gasteiger partial charge on any atom is -1.45 e. The average Bonchev–Trinajstić information content (AvgIpc) is 1.90. The van der Waals surface area contributed by atoms with E-state index in [-0.39, 0.29) is 103 Å². The number of aryl methyl sites for hydroxylation is 1. The molecule has 0 saturated carbocycles. The van der Waals surface area contributed by atoms with Crippen LogP contribution in [0.5, 0.6) is 0 Å². The van der Waals surface area contributed by atoms with Crippen LogP contribution in [0, 0.1) is 0 Å². The Bertz CT molecular complexity index is 184. The first-order chi connectivity index (χ1) is 4.33. The van der Waals surface area contributed by atoms with Crippen molar-refractivity contribution < 1.29 is 103 Å². The third kappa shape index (κ3) is 6.92. The molecule has 1 aromatic carbocycles. The van der Waals surface area contributed by atoms with E-state index in [1.807, 2.05) is 12.1 Å². The Morgan fingerprint density at radius 3 is 1.91 bits per heavy atom. The van der Waals surface area contributed by atoms with Gasteiger partial charge in [0, 0.05) is 0 Å². The Balaban J connectivity index is 0. The molecule has 0 spiro atoms. The molecule has 0 aliphatic carbocycles. The molecule has 0 heterocycles. The smallest absolute Gasteiger partial charge is 1.00 e. The molecule has 48 valence electrons. The minimum absolute atomic E-state index is 0. The van der Waals surface area contributed by atoms with Crippen molar-refractivity contribution in [3.05, 3.63) is 29.8 Å². The standard InChI is InChI=1S/C8H9P.2K/c1-2-7-3-5-8(9)6-4-7;;/h3-6H,2H2,1H3;;/q-2;2*+1. The molecule has 0 atom stereocenters. The van der Waals surface area contributed by atoms with Crippen molar-refractivity contribution >= 4 is 14.5 Å². The van der Waals surface area contributed by atoms with Gasteiger partial charge in [0.05, 0.1) is 0 Å². The third-order valence-electron chi connectivity index (χ3n) is 1.34. The predicted molar refractivity (Wildman–Crippen MR) is 42.4 cm³/mol. The van der Waals surface area contributed by atoms with E-state index in [1.54, 1.807) is 0 Å². The van der Waals surface area contributed by atoms with Crippen molar-refractivity contribution in [1.82, 2.24) is 0 Å². The van der Waals surface area contributed by atoms with Crippen LogP contribution in [0.15, 0.2) is 24.3 Å². The van der Waals surface area contributed by atoms with Crippen molar-refractivity contribution in [3.8, 4) is 0 Å². The Morgan fingerprint density at radius 1 is 1.09 bits per heavy atom. The summed E-state index contributed by atoms with van der Waals surface area (Å²) in [5.41, 5.74) is 1.37. The van der Waals surface area contributed by atoms with Crippen LogP contribution in [0.1, 0.15) is 12.5 Å². The van der Waals surface area contributed by atoms with Gasteiger partial charge in [0.2, 0.25) is 0 Å². The first-order valence-corrected chi connectivity index (χ1v) is 3.55. The summed E-state index contributed by atoms with van der Waals surface area (Å²) in [5, 5.41) is 1.03. The summed E-state index contributed by atoms with van der Waals surface area (Å²) in [6, 6.07) is 8.23. The Morgan fingerprint density at radius 2 is 1.55 bits per heavy atom. The van der Waals surface area contributed by atoms with Gasteiger partial charge in [-0.3, -0.25) is 0 Å². The maximum absolute atomic E-state index is 4.17. The van der Waals surface area contributed by atoms with E-state index in [1.165, 1.54) is 5.56 Å². The zero-order valence-corrected chi connectivity index (χ0v) is 14.6. The van der Waals surface area contributed by atoms with E-state index < -0.39 is 0 Å². The first kappa shape index (κ1) is 16.4. The molecular weight excluding hydrogens is 205 g/mol. The summed E-state index contributed by atoms with van der Waals surface area (Å²) in [6.45, 7) is 2.15. The number of benzene rings is 1. The van der Waals surface area contributed by atoms with Crippen LogP contribution >= 0.6 is 9.24 Å². The molecule has 0 amide bonds. The Hall–Kier alpha value is 2.92. The summed E-state index contributed by atoms with van der Waals surface area (Å²) in [7, 11) is 4.17. The molecule has 11 heavy (non-hydrogen) atoms. The molecular formula is C8H9K2P. The van der Waals surface area contributed by atoms with Gasteiger partial charge in [0.15, 0.2) is 0 Å². The van der Waals surface area contributed by atoms with Crippen LogP contribution in [0.25, 0.3) is 0 Å². The van der Waals surface area contributed by atoms with Crippen LogP contribution < -0.4 is 108 Å². The van der Waals surface area contributed by atoms with Gasteiger partial charge in [0.1, 0.15) is 0 Å². The van der Waals surface area contributed by atoms with Gasteiger partial charge >= 0.3 is 103 Å². The number of rotatable bonds is 1. The number of hydrogen-bond donors (Lipinski definition) is 0. The monoisotopic (exact) mass is 214 g/mol. The van der Waals surface area contributed by atoms with Crippen molar-refractivity contribution in [2.75, 3.05) is 0 Å². The largest absolute Gasteiger partial charge is 1.45 e. The van der Waals surface area contributed by atoms with Crippen LogP contribution in [0.4, 0.5) is 0 Å². The summed E-state index contributed by atoms with van der Waals surface area (Å²) in [6.07, 6.45) is 1.11. The maximum Gasteiger partial charge on any atom is 1.00 e. The van der Waals surface area contributed by atoms with E-state index in [4.69, 9.17) is 0 Å². The molecule has 0 saturated heterocycles. The van der Waals surface area contributed by atoms with Gasteiger partial charge in [-0.15, -0.1) is 12.1 Å². The number of hydrogen-bond acceptors (Lipinski definition) is 0. The summed E-state index contributed by atoms with van der Waals surface area (Å²) >= 11 is 0. The fraction of sp³-hybridized carbons (Fsp3) is 0.250. The van der Waals surface area contributed by atoms with Crippen LogP contribution in [-0.4, -0.2) is 0 Å². The molecule has 0 aliphatic heterocycles. The van der Waals surface area contributed by atoms with Gasteiger partial charge in [-0.05, 0) is 12.0 Å². The quantitative estimate of drug-likeness (QED) is 0.333. The fourth-order valence-electron chi connectivity index (χ4n) is 0.732. The normalized spacial score (nSPS) is 7.82. The van der Waals surface area contributed by atoms with Gasteiger partial charge in [-0.1, -0.05) is 19.1 Å². The van der Waals surface area contributed by atoms with E-state index in [2.05, 4.69) is 28.3 Å². The predicted octanol–water partition coefficient (Wildman–Crippen LogP) is -3.71. The van der Waals surface area contributed by atoms with E-state index in [9.17, 15) is 0 Å². The molecule has 0 radical (unpaired) electrons. The van der Waals surface area contributed by atoms with E-state index in [0.717, 1.165) is 11.7 Å². The Kier molecular flexibility index (Phi) is 14.1. The molecule has 0 N–H and O–H groups in total. The van der Waals surface area contributed by atoms with Crippen molar-refractivity contribution in [2.45, 2.75) is 13.3 Å². The molecule has 3 heteroatoms. The third-order valence-corrected chi connectivity index (χ3v) is 1.64. The summed E-state index contributed by atoms with van der Waals surface area (Å²) < 4.78 is 0. The maximum atomic E-state index is 4.17. The molecule has 1 rings (SSSR count). The second kappa shape index (κ2) is 9.48. The van der Waals surface area contributed by atoms with Gasteiger partial charge in [-0.2, -0.15) is 0 Å². The SMILES string of the molecule is CCc1ccc([P-2])cc1.[K+].[K+]. The van der Waals surface area contributed by atoms with Gasteiger partial charge in [0.25, 0.3) is 0 Å². The van der Waals surface area contributed by atoms with E-state index in [0.29, 0.717) is 0 Å². The molecule has 0 nitrogen and oxygen atoms in total. The Labute approximate surface area is 156 Å². The van der Waals surface area contributed by atoms with Crippen molar-refractivity contribution in [2.24, 2.45) is 0 Å². The molecule has 1 aromatic rings. The molecule has 0 bridgehead atoms. The zero-order valence-electron chi connectivity index (χ0n) is 7.46. The van der Waals surface area contributed by atoms with E-state index >= 15 is 0 Å². The molecule has 0 aromatic heterocycles. The summed E-state index contributed by atoms with van der Waals surface area (Å²) in [4.78, 5) is 0. The van der Waals surface area contributed by atoms with Crippen LogP contribution in [-0.2, 0) is 6.42 Å².